The SMILES string of the molecule is CC/C=C\C/C=C\C/C=C\C/C=C\C/C=C\CC(=O)NC(COC1OC(CO)C(O)C(O)C1O)C(O)/C=C/CC/C=C/CCCCCCCCC. The Bertz CT molecular complexity index is 1060. The molecule has 0 aliphatic carbocycles. The summed E-state index contributed by atoms with van der Waals surface area (Å²) in [6.45, 7) is 3.52. The summed E-state index contributed by atoms with van der Waals surface area (Å²) >= 11 is 0. The molecule has 0 aromatic heterocycles. The van der Waals surface area contributed by atoms with Crippen LogP contribution in [0.4, 0.5) is 0 Å². The van der Waals surface area contributed by atoms with Crippen LogP contribution >= 0.6 is 0 Å². The molecule has 1 saturated heterocycles. The van der Waals surface area contributed by atoms with Crippen LogP contribution < -0.4 is 5.32 Å². The van der Waals surface area contributed by atoms with Crippen LogP contribution in [0.15, 0.2) is 85.1 Å². The van der Waals surface area contributed by atoms with Crippen molar-refractivity contribution < 1.29 is 39.8 Å². The van der Waals surface area contributed by atoms with Crippen molar-refractivity contribution in [3.63, 3.8) is 0 Å². The molecular formula is C42H69NO8. The van der Waals surface area contributed by atoms with Gasteiger partial charge in [-0.2, -0.15) is 0 Å². The second kappa shape index (κ2) is 32.1. The van der Waals surface area contributed by atoms with Crippen LogP contribution in [0.25, 0.3) is 0 Å². The summed E-state index contributed by atoms with van der Waals surface area (Å²) < 4.78 is 11.1. The van der Waals surface area contributed by atoms with Gasteiger partial charge in [0.2, 0.25) is 5.91 Å². The van der Waals surface area contributed by atoms with E-state index in [1.807, 2.05) is 18.2 Å². The molecule has 0 radical (unpaired) electrons. The summed E-state index contributed by atoms with van der Waals surface area (Å²) in [5.74, 6) is -0.320. The lowest BCUT2D eigenvalue weighted by Crippen LogP contribution is -2.60. The number of amides is 1. The van der Waals surface area contributed by atoms with Crippen molar-refractivity contribution >= 4 is 5.91 Å². The highest BCUT2D eigenvalue weighted by Gasteiger charge is 2.44. The third-order valence-electron chi connectivity index (χ3n) is 8.48. The first-order valence-electron chi connectivity index (χ1n) is 19.3. The number of carbonyl (C=O) groups excluding carboxylic acids is 1. The van der Waals surface area contributed by atoms with Gasteiger partial charge < -0.3 is 40.3 Å². The van der Waals surface area contributed by atoms with E-state index < -0.39 is 49.5 Å². The summed E-state index contributed by atoms with van der Waals surface area (Å²) in [5.41, 5.74) is 0. The van der Waals surface area contributed by atoms with E-state index in [-0.39, 0.29) is 18.9 Å². The number of nitrogens with one attached hydrogen (secondary N) is 1. The molecule has 0 aromatic rings. The molecule has 9 nitrogen and oxygen atoms in total. The average molecular weight is 716 g/mol. The molecule has 0 saturated carbocycles. The van der Waals surface area contributed by atoms with Crippen molar-refractivity contribution in [1.29, 1.82) is 0 Å². The van der Waals surface area contributed by atoms with Crippen LogP contribution in [-0.2, 0) is 14.3 Å². The number of hydrogen-bond acceptors (Lipinski definition) is 8. The Morgan fingerprint density at radius 1 is 0.686 bits per heavy atom. The molecule has 0 bridgehead atoms. The zero-order chi connectivity index (χ0) is 37.4. The monoisotopic (exact) mass is 716 g/mol. The Kier molecular flexibility index (Phi) is 29.2. The molecule has 9 heteroatoms. The Balaban J connectivity index is 2.57. The van der Waals surface area contributed by atoms with Gasteiger partial charge in [0.25, 0.3) is 0 Å². The number of carbonyl (C=O) groups is 1. The number of aliphatic hydroxyl groups excluding tert-OH is 5. The molecule has 7 unspecified atom stereocenters. The molecule has 1 rings (SSSR count). The van der Waals surface area contributed by atoms with E-state index in [1.54, 1.807) is 12.2 Å². The van der Waals surface area contributed by atoms with Crippen LogP contribution in [0.2, 0.25) is 0 Å². The van der Waals surface area contributed by atoms with E-state index in [4.69, 9.17) is 9.47 Å². The molecule has 0 spiro atoms. The quantitative estimate of drug-likeness (QED) is 0.0365. The Labute approximate surface area is 308 Å². The van der Waals surface area contributed by atoms with E-state index in [9.17, 15) is 30.3 Å². The molecule has 0 aromatic carbocycles. The van der Waals surface area contributed by atoms with Gasteiger partial charge >= 0.3 is 0 Å². The molecular weight excluding hydrogens is 646 g/mol. The van der Waals surface area contributed by atoms with Gasteiger partial charge in [0.05, 0.1) is 25.4 Å². The summed E-state index contributed by atoms with van der Waals surface area (Å²) in [4.78, 5) is 12.8. The van der Waals surface area contributed by atoms with Crippen molar-refractivity contribution in [2.75, 3.05) is 13.2 Å². The van der Waals surface area contributed by atoms with Crippen molar-refractivity contribution in [2.24, 2.45) is 0 Å². The fourth-order valence-corrected chi connectivity index (χ4v) is 5.35. The van der Waals surface area contributed by atoms with E-state index in [0.29, 0.717) is 6.42 Å². The second-order valence-corrected chi connectivity index (χ2v) is 13.0. The van der Waals surface area contributed by atoms with Crippen molar-refractivity contribution in [1.82, 2.24) is 5.32 Å². The zero-order valence-electron chi connectivity index (χ0n) is 31.3. The lowest BCUT2D eigenvalue weighted by molar-refractivity contribution is -0.302. The standard InChI is InChI=1S/C42H69NO8/c1-3-5-7-9-11-13-15-17-18-20-22-24-26-28-30-32-38(46)43-35(34-50-42-41(49)40(48)39(47)37(33-44)51-42)36(45)31-29-27-25-23-21-19-16-14-12-10-8-6-4-2/h5,7,11,13,17-18,21-24,28-31,35-37,39-42,44-45,47-49H,3-4,6,8-10,12,14-16,19-20,25-27,32-34H2,1-2H3,(H,43,46)/b7-5-,13-11-,18-17-,23-21+,24-22-,30-28-,31-29+. The third kappa shape index (κ3) is 23.5. The van der Waals surface area contributed by atoms with Gasteiger partial charge in [0.1, 0.15) is 24.4 Å². The van der Waals surface area contributed by atoms with E-state index in [2.05, 4.69) is 73.8 Å². The van der Waals surface area contributed by atoms with Crippen LogP contribution in [-0.4, -0.2) is 87.5 Å². The minimum absolute atomic E-state index is 0.101. The molecule has 1 aliphatic rings. The number of hydrogen-bond donors (Lipinski definition) is 6. The normalized spacial score (nSPS) is 23.0. The predicted molar refractivity (Wildman–Crippen MR) is 207 cm³/mol. The number of allylic oxidation sites excluding steroid dienone is 12. The van der Waals surface area contributed by atoms with Crippen LogP contribution in [0.5, 0.6) is 0 Å². The molecule has 1 heterocycles. The largest absolute Gasteiger partial charge is 0.394 e. The number of rotatable bonds is 29. The maximum atomic E-state index is 12.8. The predicted octanol–water partition coefficient (Wildman–Crippen LogP) is 6.82. The Morgan fingerprint density at radius 3 is 1.84 bits per heavy atom. The first-order valence-corrected chi connectivity index (χ1v) is 19.3. The highest BCUT2D eigenvalue weighted by atomic mass is 16.7. The molecule has 1 fully saturated rings. The van der Waals surface area contributed by atoms with Gasteiger partial charge in [-0.1, -0.05) is 137 Å². The molecule has 1 amide bonds. The van der Waals surface area contributed by atoms with Crippen LogP contribution in [0, 0.1) is 0 Å². The fourth-order valence-electron chi connectivity index (χ4n) is 5.35. The van der Waals surface area contributed by atoms with Crippen LogP contribution in [0.1, 0.15) is 117 Å². The lowest BCUT2D eigenvalue weighted by Gasteiger charge is -2.40. The van der Waals surface area contributed by atoms with Gasteiger partial charge in [-0.15, -0.1) is 0 Å². The first-order chi connectivity index (χ1) is 24.8. The zero-order valence-corrected chi connectivity index (χ0v) is 31.3. The van der Waals surface area contributed by atoms with Gasteiger partial charge in [-0.25, -0.2) is 0 Å². The van der Waals surface area contributed by atoms with Gasteiger partial charge in [-0.05, 0) is 57.8 Å². The molecule has 1 aliphatic heterocycles. The summed E-state index contributed by atoms with van der Waals surface area (Å²) in [5, 5.41) is 53.8. The first kappa shape index (κ1) is 46.4. The summed E-state index contributed by atoms with van der Waals surface area (Å²) in [7, 11) is 0. The summed E-state index contributed by atoms with van der Waals surface area (Å²) in [6.07, 6.45) is 36.5. The molecule has 290 valence electrons. The number of unbranched alkanes of at least 4 members (excludes halogenated alkanes) is 8. The maximum absolute atomic E-state index is 12.8. The van der Waals surface area contributed by atoms with E-state index >= 15 is 0 Å². The lowest BCUT2D eigenvalue weighted by atomic mass is 9.99. The van der Waals surface area contributed by atoms with Crippen LogP contribution in [0.3, 0.4) is 0 Å². The fraction of sp³-hybridized carbons (Fsp3) is 0.643. The van der Waals surface area contributed by atoms with Gasteiger partial charge in [-0.3, -0.25) is 4.79 Å². The van der Waals surface area contributed by atoms with Crippen molar-refractivity contribution in [3.05, 3.63) is 85.1 Å². The highest BCUT2D eigenvalue weighted by Crippen LogP contribution is 2.22. The smallest absolute Gasteiger partial charge is 0.224 e. The highest BCUT2D eigenvalue weighted by molar-refractivity contribution is 5.77. The minimum Gasteiger partial charge on any atom is -0.394 e. The van der Waals surface area contributed by atoms with Gasteiger partial charge in [0.15, 0.2) is 6.29 Å². The van der Waals surface area contributed by atoms with E-state index in [1.165, 1.54) is 44.9 Å². The topological polar surface area (TPSA) is 149 Å². The maximum Gasteiger partial charge on any atom is 0.224 e. The third-order valence-corrected chi connectivity index (χ3v) is 8.48. The Hall–Kier alpha value is -2.63. The van der Waals surface area contributed by atoms with Gasteiger partial charge in [0, 0.05) is 6.42 Å². The van der Waals surface area contributed by atoms with E-state index in [0.717, 1.165) is 44.9 Å². The second-order valence-electron chi connectivity index (χ2n) is 13.0. The molecule has 7 atom stereocenters. The minimum atomic E-state index is -1.59. The van der Waals surface area contributed by atoms with Crippen molar-refractivity contribution in [3.8, 4) is 0 Å². The Morgan fingerprint density at radius 2 is 1.24 bits per heavy atom. The summed E-state index contributed by atoms with van der Waals surface area (Å²) in [6, 6.07) is -0.878. The molecule has 51 heavy (non-hydrogen) atoms. The average Bonchev–Trinajstić information content (AvgIpc) is 3.13. The molecule has 6 N–H and O–H groups in total. The number of aliphatic hydroxyl groups is 5. The number of ether oxygens (including phenoxy) is 2. The van der Waals surface area contributed by atoms with Crippen molar-refractivity contribution in [2.45, 2.75) is 159 Å².